The highest BCUT2D eigenvalue weighted by molar-refractivity contribution is 5.77. The van der Waals surface area contributed by atoms with Gasteiger partial charge in [-0.25, -0.2) is 0 Å². The van der Waals surface area contributed by atoms with E-state index in [0.717, 1.165) is 13.1 Å². The molecule has 0 aromatic heterocycles. The van der Waals surface area contributed by atoms with Crippen LogP contribution in [-0.4, -0.2) is 36.6 Å². The monoisotopic (exact) mass is 273 g/mol. The smallest absolute Gasteiger partial charge is 0.223 e. The summed E-state index contributed by atoms with van der Waals surface area (Å²) in [4.78, 5) is 14.5. The first-order valence-electron chi connectivity index (χ1n) is 7.68. The Kier molecular flexibility index (Phi) is 4.06. The fourth-order valence-electron chi connectivity index (χ4n) is 3.12. The number of ether oxygens (including phenoxy) is 1. The fourth-order valence-corrected chi connectivity index (χ4v) is 3.12. The van der Waals surface area contributed by atoms with Crippen molar-refractivity contribution in [2.75, 3.05) is 19.7 Å². The highest BCUT2D eigenvalue weighted by Crippen LogP contribution is 2.44. The van der Waals surface area contributed by atoms with E-state index in [0.29, 0.717) is 30.8 Å². The molecule has 1 aliphatic carbocycles. The van der Waals surface area contributed by atoms with Gasteiger partial charge in [-0.15, -0.1) is 0 Å². The maximum Gasteiger partial charge on any atom is 0.223 e. The molecule has 3 rings (SSSR count). The van der Waals surface area contributed by atoms with Gasteiger partial charge in [-0.3, -0.25) is 4.79 Å². The molecule has 1 saturated carbocycles. The molecule has 3 nitrogen and oxygen atoms in total. The minimum Gasteiger partial charge on any atom is -0.375 e. The number of rotatable bonds is 4. The van der Waals surface area contributed by atoms with Gasteiger partial charge in [0.1, 0.15) is 0 Å². The summed E-state index contributed by atoms with van der Waals surface area (Å²) in [6, 6.07) is 10.5. The van der Waals surface area contributed by atoms with Crippen LogP contribution < -0.4 is 0 Å². The number of nitrogens with zero attached hydrogens (tertiary/aromatic N) is 1. The van der Waals surface area contributed by atoms with Crippen molar-refractivity contribution in [3.63, 3.8) is 0 Å². The first-order valence-corrected chi connectivity index (χ1v) is 7.68. The average molecular weight is 273 g/mol. The summed E-state index contributed by atoms with van der Waals surface area (Å²) in [5, 5.41) is 0. The zero-order valence-corrected chi connectivity index (χ0v) is 12.1. The molecule has 1 heterocycles. The van der Waals surface area contributed by atoms with Crippen LogP contribution in [0.2, 0.25) is 0 Å². The van der Waals surface area contributed by atoms with Crippen molar-refractivity contribution in [2.24, 2.45) is 5.92 Å². The van der Waals surface area contributed by atoms with Crippen molar-refractivity contribution in [3.05, 3.63) is 35.9 Å². The molecule has 1 amide bonds. The van der Waals surface area contributed by atoms with Crippen LogP contribution in [0, 0.1) is 5.92 Å². The van der Waals surface area contributed by atoms with E-state index in [1.165, 1.54) is 18.4 Å². The standard InChI is InChI=1S/C17H23NO2/c1-13-12-18(9-10-20-13)17(19)11-16(15-7-8-15)14-5-3-2-4-6-14/h2-6,13,15-16H,7-12H2,1H3. The Morgan fingerprint density at radius 3 is 2.75 bits per heavy atom. The van der Waals surface area contributed by atoms with E-state index < -0.39 is 0 Å². The van der Waals surface area contributed by atoms with Crippen LogP contribution in [0.3, 0.4) is 0 Å². The summed E-state index contributed by atoms with van der Waals surface area (Å²) in [7, 11) is 0. The largest absolute Gasteiger partial charge is 0.375 e. The first kappa shape index (κ1) is 13.6. The molecule has 1 aromatic rings. The number of morpholine rings is 1. The zero-order chi connectivity index (χ0) is 13.9. The van der Waals surface area contributed by atoms with Crippen LogP contribution in [0.25, 0.3) is 0 Å². The Bertz CT molecular complexity index is 455. The Balaban J connectivity index is 1.66. The van der Waals surface area contributed by atoms with Crippen molar-refractivity contribution in [2.45, 2.75) is 38.2 Å². The van der Waals surface area contributed by atoms with Gasteiger partial charge in [0, 0.05) is 19.5 Å². The molecule has 0 N–H and O–H groups in total. The van der Waals surface area contributed by atoms with Gasteiger partial charge in [0.15, 0.2) is 0 Å². The molecule has 20 heavy (non-hydrogen) atoms. The fraction of sp³-hybridized carbons (Fsp3) is 0.588. The number of carbonyl (C=O) groups is 1. The van der Waals surface area contributed by atoms with E-state index in [4.69, 9.17) is 4.74 Å². The topological polar surface area (TPSA) is 29.5 Å². The van der Waals surface area contributed by atoms with Crippen LogP contribution in [0.1, 0.15) is 37.7 Å². The number of carbonyl (C=O) groups excluding carboxylic acids is 1. The van der Waals surface area contributed by atoms with E-state index in [2.05, 4.69) is 24.3 Å². The summed E-state index contributed by atoms with van der Waals surface area (Å²) in [6.45, 7) is 4.20. The van der Waals surface area contributed by atoms with Crippen LogP contribution >= 0.6 is 0 Å². The summed E-state index contributed by atoms with van der Waals surface area (Å²) in [5.41, 5.74) is 1.32. The van der Waals surface area contributed by atoms with Crippen LogP contribution in [0.4, 0.5) is 0 Å². The molecule has 2 aliphatic rings. The molecule has 0 radical (unpaired) electrons. The van der Waals surface area contributed by atoms with E-state index in [-0.39, 0.29) is 6.10 Å². The zero-order valence-electron chi connectivity index (χ0n) is 12.1. The van der Waals surface area contributed by atoms with Gasteiger partial charge in [0.25, 0.3) is 0 Å². The second kappa shape index (κ2) is 5.96. The first-order chi connectivity index (χ1) is 9.74. The number of benzene rings is 1. The minimum atomic E-state index is 0.170. The molecule has 108 valence electrons. The summed E-state index contributed by atoms with van der Waals surface area (Å²) in [5.74, 6) is 1.41. The third kappa shape index (κ3) is 3.21. The quantitative estimate of drug-likeness (QED) is 0.844. The highest BCUT2D eigenvalue weighted by atomic mass is 16.5. The summed E-state index contributed by atoms with van der Waals surface area (Å²) < 4.78 is 5.51. The predicted octanol–water partition coefficient (Wildman–Crippen LogP) is 2.82. The summed E-state index contributed by atoms with van der Waals surface area (Å²) in [6.07, 6.45) is 3.36. The third-order valence-corrected chi connectivity index (χ3v) is 4.41. The molecule has 1 saturated heterocycles. The van der Waals surface area contributed by atoms with Gasteiger partial charge >= 0.3 is 0 Å². The Labute approximate surface area is 120 Å². The van der Waals surface area contributed by atoms with Crippen molar-refractivity contribution in [3.8, 4) is 0 Å². The molecule has 2 fully saturated rings. The van der Waals surface area contributed by atoms with Crippen molar-refractivity contribution in [1.82, 2.24) is 4.90 Å². The maximum atomic E-state index is 12.5. The van der Waals surface area contributed by atoms with E-state index in [1.54, 1.807) is 0 Å². The Hall–Kier alpha value is -1.35. The Morgan fingerprint density at radius 2 is 2.10 bits per heavy atom. The predicted molar refractivity (Wildman–Crippen MR) is 78.5 cm³/mol. The lowest BCUT2D eigenvalue weighted by Crippen LogP contribution is -2.44. The van der Waals surface area contributed by atoms with Gasteiger partial charge in [-0.1, -0.05) is 30.3 Å². The SMILES string of the molecule is CC1CN(C(=O)CC(c2ccccc2)C2CC2)CCO1. The van der Waals surface area contributed by atoms with E-state index in [1.807, 2.05) is 17.9 Å². The molecule has 2 unspecified atom stereocenters. The lowest BCUT2D eigenvalue weighted by molar-refractivity contribution is -0.138. The van der Waals surface area contributed by atoms with Crippen molar-refractivity contribution < 1.29 is 9.53 Å². The van der Waals surface area contributed by atoms with E-state index >= 15 is 0 Å². The highest BCUT2D eigenvalue weighted by Gasteiger charge is 2.35. The summed E-state index contributed by atoms with van der Waals surface area (Å²) >= 11 is 0. The average Bonchev–Trinajstić information content (AvgIpc) is 3.30. The number of hydrogen-bond donors (Lipinski definition) is 0. The van der Waals surface area contributed by atoms with Gasteiger partial charge in [0.2, 0.25) is 5.91 Å². The Morgan fingerprint density at radius 1 is 1.35 bits per heavy atom. The number of amides is 1. The van der Waals surface area contributed by atoms with Crippen molar-refractivity contribution in [1.29, 1.82) is 0 Å². The molecule has 0 bridgehead atoms. The second-order valence-corrected chi connectivity index (χ2v) is 6.08. The maximum absolute atomic E-state index is 12.5. The third-order valence-electron chi connectivity index (χ3n) is 4.41. The molecule has 0 spiro atoms. The van der Waals surface area contributed by atoms with Crippen LogP contribution in [0.15, 0.2) is 30.3 Å². The van der Waals surface area contributed by atoms with E-state index in [9.17, 15) is 4.79 Å². The lowest BCUT2D eigenvalue weighted by atomic mass is 9.90. The molecule has 1 aromatic carbocycles. The van der Waals surface area contributed by atoms with Gasteiger partial charge in [-0.2, -0.15) is 0 Å². The molecular formula is C17H23NO2. The van der Waals surface area contributed by atoms with Gasteiger partial charge < -0.3 is 9.64 Å². The second-order valence-electron chi connectivity index (χ2n) is 6.08. The van der Waals surface area contributed by atoms with Crippen LogP contribution in [0.5, 0.6) is 0 Å². The molecule has 3 heteroatoms. The molecule has 1 aliphatic heterocycles. The van der Waals surface area contributed by atoms with Gasteiger partial charge in [0.05, 0.1) is 12.7 Å². The van der Waals surface area contributed by atoms with Crippen LogP contribution in [-0.2, 0) is 9.53 Å². The molecular weight excluding hydrogens is 250 g/mol. The van der Waals surface area contributed by atoms with Gasteiger partial charge in [-0.05, 0) is 37.2 Å². The molecule has 2 atom stereocenters. The lowest BCUT2D eigenvalue weighted by Gasteiger charge is -2.32. The minimum absolute atomic E-state index is 0.170. The normalized spacial score (nSPS) is 24.4. The number of hydrogen-bond acceptors (Lipinski definition) is 2. The van der Waals surface area contributed by atoms with Crippen molar-refractivity contribution >= 4 is 5.91 Å².